The van der Waals surface area contributed by atoms with Crippen molar-refractivity contribution in [2.45, 2.75) is 31.7 Å². The van der Waals surface area contributed by atoms with Crippen molar-refractivity contribution in [2.24, 2.45) is 5.92 Å². The molecule has 0 aromatic carbocycles. The molecule has 1 N–H and O–H groups in total. The van der Waals surface area contributed by atoms with Crippen LogP contribution in [0.5, 0.6) is 0 Å². The summed E-state index contributed by atoms with van der Waals surface area (Å²) in [6, 6.07) is 2.32. The first-order valence-electron chi connectivity index (χ1n) is 5.21. The molecule has 1 saturated carbocycles. The van der Waals surface area contributed by atoms with E-state index < -0.39 is 0 Å². The zero-order chi connectivity index (χ0) is 9.97. The topological polar surface area (TPSA) is 25.2 Å². The Balaban J connectivity index is 2.01. The van der Waals surface area contributed by atoms with Crippen LogP contribution in [-0.2, 0) is 0 Å². The van der Waals surface area contributed by atoms with Crippen molar-refractivity contribution < 1.29 is 4.42 Å². The van der Waals surface area contributed by atoms with E-state index in [9.17, 15) is 0 Å². The highest BCUT2D eigenvalue weighted by atomic mass is 79.9. The number of nitrogens with one attached hydrogen (secondary N) is 1. The summed E-state index contributed by atoms with van der Waals surface area (Å²) in [6.07, 6.45) is 7.11. The van der Waals surface area contributed by atoms with Crippen molar-refractivity contribution in [3.8, 4) is 0 Å². The van der Waals surface area contributed by atoms with Crippen LogP contribution in [0.2, 0.25) is 0 Å². The molecule has 1 aromatic rings. The van der Waals surface area contributed by atoms with Crippen LogP contribution >= 0.6 is 15.9 Å². The summed E-state index contributed by atoms with van der Waals surface area (Å²) >= 11 is 3.50. The smallest absolute Gasteiger partial charge is 0.134 e. The van der Waals surface area contributed by atoms with Crippen molar-refractivity contribution in [1.82, 2.24) is 5.32 Å². The van der Waals surface area contributed by atoms with Gasteiger partial charge in [-0.3, -0.25) is 0 Å². The van der Waals surface area contributed by atoms with E-state index in [4.69, 9.17) is 4.42 Å². The minimum Gasteiger partial charge on any atom is -0.466 e. The van der Waals surface area contributed by atoms with Gasteiger partial charge in [-0.1, -0.05) is 19.3 Å². The lowest BCUT2D eigenvalue weighted by molar-refractivity contribution is 0.251. The quantitative estimate of drug-likeness (QED) is 0.894. The number of rotatable bonds is 4. The molecule has 2 nitrogen and oxygen atoms in total. The van der Waals surface area contributed by atoms with E-state index in [0.717, 1.165) is 16.2 Å². The Morgan fingerprint density at radius 1 is 1.64 bits per heavy atom. The van der Waals surface area contributed by atoms with Crippen LogP contribution in [0, 0.1) is 5.92 Å². The summed E-state index contributed by atoms with van der Waals surface area (Å²) in [5.41, 5.74) is 0. The largest absolute Gasteiger partial charge is 0.466 e. The predicted molar refractivity (Wildman–Crippen MR) is 60.2 cm³/mol. The molecule has 0 saturated heterocycles. The molecule has 1 atom stereocenters. The van der Waals surface area contributed by atoms with E-state index in [0.29, 0.717) is 6.04 Å². The van der Waals surface area contributed by atoms with E-state index in [-0.39, 0.29) is 0 Å². The first kappa shape index (κ1) is 10.2. The zero-order valence-corrected chi connectivity index (χ0v) is 10.0. The van der Waals surface area contributed by atoms with Crippen molar-refractivity contribution >= 4 is 15.9 Å². The summed E-state index contributed by atoms with van der Waals surface area (Å²) < 4.78 is 6.56. The number of halogens is 1. The lowest BCUT2D eigenvalue weighted by Gasteiger charge is -2.28. The third kappa shape index (κ3) is 2.04. The molecule has 1 aliphatic carbocycles. The molecule has 1 fully saturated rings. The molecule has 1 aliphatic rings. The van der Waals surface area contributed by atoms with Gasteiger partial charge in [-0.2, -0.15) is 0 Å². The van der Waals surface area contributed by atoms with Gasteiger partial charge in [0.05, 0.1) is 16.8 Å². The summed E-state index contributed by atoms with van der Waals surface area (Å²) in [5, 5.41) is 3.32. The van der Waals surface area contributed by atoms with Gasteiger partial charge in [0.15, 0.2) is 0 Å². The summed E-state index contributed by atoms with van der Waals surface area (Å²) in [4.78, 5) is 0. The maximum absolute atomic E-state index is 5.48. The second-order valence-electron chi connectivity index (χ2n) is 4.01. The van der Waals surface area contributed by atoms with Crippen LogP contribution in [0.3, 0.4) is 0 Å². The van der Waals surface area contributed by atoms with Gasteiger partial charge in [-0.15, -0.1) is 0 Å². The van der Waals surface area contributed by atoms with Crippen molar-refractivity contribution in [2.75, 3.05) is 7.05 Å². The highest BCUT2D eigenvalue weighted by Gasteiger charge is 2.24. The Labute approximate surface area is 93.2 Å². The van der Waals surface area contributed by atoms with Crippen LogP contribution in [-0.4, -0.2) is 7.05 Å². The van der Waals surface area contributed by atoms with E-state index in [1.165, 1.54) is 25.7 Å². The van der Waals surface area contributed by atoms with E-state index >= 15 is 0 Å². The summed E-state index contributed by atoms with van der Waals surface area (Å²) in [7, 11) is 2.00. The Kier molecular flexibility index (Phi) is 3.29. The van der Waals surface area contributed by atoms with Crippen LogP contribution < -0.4 is 5.32 Å². The SMILES string of the molecule is CNC(CC1CCC1)c1occc1Br. The molecular formula is C11H16BrNO. The molecule has 0 radical (unpaired) electrons. The maximum atomic E-state index is 5.48. The molecule has 0 aliphatic heterocycles. The molecular weight excluding hydrogens is 242 g/mol. The highest BCUT2D eigenvalue weighted by Crippen LogP contribution is 2.36. The minimum atomic E-state index is 0.365. The van der Waals surface area contributed by atoms with Crippen LogP contribution in [0.25, 0.3) is 0 Å². The molecule has 2 rings (SSSR count). The van der Waals surface area contributed by atoms with Gasteiger partial charge in [0, 0.05) is 0 Å². The fourth-order valence-corrected chi connectivity index (χ4v) is 2.45. The molecule has 3 heteroatoms. The first-order valence-corrected chi connectivity index (χ1v) is 6.00. The molecule has 0 amide bonds. The molecule has 0 bridgehead atoms. The van der Waals surface area contributed by atoms with E-state index in [2.05, 4.69) is 21.2 Å². The average molecular weight is 258 g/mol. The molecule has 0 spiro atoms. The Bertz CT molecular complexity index is 293. The highest BCUT2D eigenvalue weighted by molar-refractivity contribution is 9.10. The fraction of sp³-hybridized carbons (Fsp3) is 0.636. The van der Waals surface area contributed by atoms with E-state index in [1.807, 2.05) is 13.1 Å². The Hall–Kier alpha value is -0.280. The summed E-state index contributed by atoms with van der Waals surface area (Å²) in [6.45, 7) is 0. The Morgan fingerprint density at radius 2 is 2.43 bits per heavy atom. The number of furan rings is 1. The predicted octanol–water partition coefficient (Wildman–Crippen LogP) is 3.49. The van der Waals surface area contributed by atoms with E-state index in [1.54, 1.807) is 6.26 Å². The standard InChI is InChI=1S/C11H16BrNO/c1-13-10(7-8-3-2-4-8)11-9(12)5-6-14-11/h5-6,8,10,13H,2-4,7H2,1H3. The zero-order valence-electron chi connectivity index (χ0n) is 8.42. The average Bonchev–Trinajstić information content (AvgIpc) is 2.51. The molecule has 1 aromatic heterocycles. The van der Waals surface area contributed by atoms with Gasteiger partial charge in [-0.05, 0) is 41.4 Å². The minimum absolute atomic E-state index is 0.365. The normalized spacial score (nSPS) is 19.3. The van der Waals surface area contributed by atoms with Gasteiger partial charge >= 0.3 is 0 Å². The third-order valence-electron chi connectivity index (χ3n) is 3.10. The van der Waals surface area contributed by atoms with Crippen molar-refractivity contribution in [3.63, 3.8) is 0 Å². The van der Waals surface area contributed by atoms with Crippen LogP contribution in [0.4, 0.5) is 0 Å². The fourth-order valence-electron chi connectivity index (χ4n) is 1.97. The first-order chi connectivity index (χ1) is 6.81. The molecule has 1 unspecified atom stereocenters. The number of hydrogen-bond acceptors (Lipinski definition) is 2. The van der Waals surface area contributed by atoms with Crippen LogP contribution in [0.15, 0.2) is 21.2 Å². The maximum Gasteiger partial charge on any atom is 0.134 e. The Morgan fingerprint density at radius 3 is 2.86 bits per heavy atom. The number of hydrogen-bond donors (Lipinski definition) is 1. The van der Waals surface area contributed by atoms with Gasteiger partial charge in [-0.25, -0.2) is 0 Å². The van der Waals surface area contributed by atoms with Gasteiger partial charge in [0.2, 0.25) is 0 Å². The lowest BCUT2D eigenvalue weighted by Crippen LogP contribution is -2.23. The van der Waals surface area contributed by atoms with Gasteiger partial charge in [0.25, 0.3) is 0 Å². The van der Waals surface area contributed by atoms with Crippen LogP contribution in [0.1, 0.15) is 37.5 Å². The third-order valence-corrected chi connectivity index (χ3v) is 3.76. The van der Waals surface area contributed by atoms with Gasteiger partial charge in [0.1, 0.15) is 5.76 Å². The monoisotopic (exact) mass is 257 g/mol. The lowest BCUT2D eigenvalue weighted by atomic mass is 9.80. The molecule has 78 valence electrons. The second kappa shape index (κ2) is 4.49. The van der Waals surface area contributed by atoms with Crippen molar-refractivity contribution in [1.29, 1.82) is 0 Å². The van der Waals surface area contributed by atoms with Gasteiger partial charge < -0.3 is 9.73 Å². The van der Waals surface area contributed by atoms with Crippen molar-refractivity contribution in [3.05, 3.63) is 22.6 Å². The second-order valence-corrected chi connectivity index (χ2v) is 4.86. The molecule has 1 heterocycles. The molecule has 14 heavy (non-hydrogen) atoms. The summed E-state index contributed by atoms with van der Waals surface area (Å²) in [5.74, 6) is 1.93.